The minimum atomic E-state index is -0.743. The second-order valence-electron chi connectivity index (χ2n) is 19.1. The smallest absolute Gasteiger partial charge is 0.306 e. The lowest BCUT2D eigenvalue weighted by Gasteiger charge is -2.63. The molecule has 5 fully saturated rings. The fourth-order valence-corrected chi connectivity index (χ4v) is 13.9. The highest BCUT2D eigenvalue weighted by Crippen LogP contribution is 2.68. The zero-order chi connectivity index (χ0) is 38.5. The van der Waals surface area contributed by atoms with E-state index in [9.17, 15) is 19.5 Å². The number of nitrogens with zero attached hydrogens (tertiary/aromatic N) is 1. The summed E-state index contributed by atoms with van der Waals surface area (Å²) in [7, 11) is 1.50. The molecule has 6 aliphatic carbocycles. The van der Waals surface area contributed by atoms with Gasteiger partial charge in [0.1, 0.15) is 5.78 Å². The van der Waals surface area contributed by atoms with Crippen LogP contribution in [0.25, 0.3) is 10.9 Å². The van der Waals surface area contributed by atoms with Crippen LogP contribution in [0.1, 0.15) is 117 Å². The number of nitrogens with one attached hydrogen (secondary N) is 1. The summed E-state index contributed by atoms with van der Waals surface area (Å²) in [6, 6.07) is 12.6. The van der Waals surface area contributed by atoms with E-state index in [0.717, 1.165) is 55.4 Å². The van der Waals surface area contributed by atoms with Crippen molar-refractivity contribution in [2.75, 3.05) is 13.6 Å². The molecular formula is C47H67N3O4. The molecule has 0 spiro atoms. The van der Waals surface area contributed by atoms with Gasteiger partial charge in [0.15, 0.2) is 5.78 Å². The number of carboxylic acid groups (broad SMARTS) is 1. The lowest BCUT2D eigenvalue weighted by Crippen LogP contribution is -2.55. The molecule has 4 N–H and O–H groups in total. The van der Waals surface area contributed by atoms with Crippen molar-refractivity contribution in [3.63, 3.8) is 0 Å². The largest absolute Gasteiger partial charge is 0.481 e. The van der Waals surface area contributed by atoms with Crippen molar-refractivity contribution in [3.8, 4) is 0 Å². The Balaban J connectivity index is 0.00000221. The van der Waals surface area contributed by atoms with E-state index in [1.165, 1.54) is 56.5 Å². The molecule has 1 heterocycles. The van der Waals surface area contributed by atoms with Crippen molar-refractivity contribution in [2.24, 2.45) is 81.7 Å². The van der Waals surface area contributed by atoms with Crippen LogP contribution in [0.2, 0.25) is 0 Å². The van der Waals surface area contributed by atoms with Gasteiger partial charge in [0.25, 0.3) is 0 Å². The first kappa shape index (κ1) is 39.3. The van der Waals surface area contributed by atoms with Gasteiger partial charge in [-0.25, -0.2) is 0 Å². The van der Waals surface area contributed by atoms with Gasteiger partial charge in [-0.1, -0.05) is 64.5 Å². The Morgan fingerprint density at radius 2 is 1.69 bits per heavy atom. The summed E-state index contributed by atoms with van der Waals surface area (Å²) in [4.78, 5) is 43.7. The predicted molar refractivity (Wildman–Crippen MR) is 215 cm³/mol. The number of carboxylic acids is 1. The van der Waals surface area contributed by atoms with Crippen LogP contribution in [0.5, 0.6) is 0 Å². The van der Waals surface area contributed by atoms with Gasteiger partial charge in [-0.05, 0) is 154 Å². The normalized spacial score (nSPS) is 38.4. The molecule has 1 aromatic carbocycles. The molecule has 7 heteroatoms. The van der Waals surface area contributed by atoms with E-state index < -0.39 is 5.97 Å². The Bertz CT molecular complexity index is 1770. The van der Waals surface area contributed by atoms with Gasteiger partial charge >= 0.3 is 5.97 Å². The Morgan fingerprint density at radius 1 is 0.926 bits per heavy atom. The average Bonchev–Trinajstić information content (AvgIpc) is 3.46. The highest BCUT2D eigenvalue weighted by molar-refractivity contribution is 6.00. The predicted octanol–water partition coefficient (Wildman–Crippen LogP) is 9.03. The van der Waals surface area contributed by atoms with Gasteiger partial charge in [0.05, 0.1) is 17.1 Å². The zero-order valence-corrected chi connectivity index (χ0v) is 33.9. The molecule has 0 aliphatic heterocycles. The highest BCUT2D eigenvalue weighted by Gasteiger charge is 2.61. The van der Waals surface area contributed by atoms with E-state index >= 15 is 0 Å². The summed E-state index contributed by atoms with van der Waals surface area (Å²) < 4.78 is 0. The fraction of sp³-hybridized carbons (Fsp3) is 0.702. The molecular weight excluding hydrogens is 671 g/mol. The average molecular weight is 738 g/mol. The second-order valence-corrected chi connectivity index (χ2v) is 19.1. The van der Waals surface area contributed by atoms with Gasteiger partial charge in [0.2, 0.25) is 0 Å². The van der Waals surface area contributed by atoms with Crippen LogP contribution in [0, 0.1) is 75.9 Å². The van der Waals surface area contributed by atoms with Crippen LogP contribution in [0.4, 0.5) is 0 Å². The number of carbonyl (C=O) groups is 3. The summed E-state index contributed by atoms with van der Waals surface area (Å²) in [5.74, 6) is 4.18. The Kier molecular flexibility index (Phi) is 11.3. The number of carbonyl (C=O) groups excluding carboxylic acids is 2. The van der Waals surface area contributed by atoms with Gasteiger partial charge in [0, 0.05) is 36.1 Å². The molecule has 0 saturated heterocycles. The lowest BCUT2D eigenvalue weighted by molar-refractivity contribution is -0.154. The standard InChI is InChI=1S/C46H62N2O4.CH5N/c1-26(2)42-41(50)24-46(20-21-47-25-31-11-10-29-8-6-7-9-39(29)48-31)19-17-32-33-12-14-37-27(3)30(22-40(49)35-23-36(28(35)4)44(51)52)16-18-45(37,5)38(33)15-13-34(32)43(42)46;1-2/h6-11,26-28,30,32-38,47H,12-25H2,1-5H3,(H,51,52);2H2,1H3. The quantitative estimate of drug-likeness (QED) is 0.208. The molecule has 54 heavy (non-hydrogen) atoms. The first-order chi connectivity index (χ1) is 25.9. The molecule has 8 rings (SSSR count). The number of pyridine rings is 1. The number of aromatic nitrogens is 1. The summed E-state index contributed by atoms with van der Waals surface area (Å²) in [5.41, 5.74) is 9.72. The van der Waals surface area contributed by atoms with E-state index in [2.05, 4.69) is 69.1 Å². The van der Waals surface area contributed by atoms with Crippen LogP contribution >= 0.6 is 0 Å². The van der Waals surface area contributed by atoms with Crippen LogP contribution in [0.15, 0.2) is 47.5 Å². The van der Waals surface area contributed by atoms with Crippen molar-refractivity contribution in [2.45, 2.75) is 118 Å². The maximum Gasteiger partial charge on any atom is 0.306 e. The first-order valence-electron chi connectivity index (χ1n) is 21.6. The van der Waals surface area contributed by atoms with E-state index in [1.54, 1.807) is 5.57 Å². The number of nitrogens with two attached hydrogens (primary N) is 1. The van der Waals surface area contributed by atoms with Gasteiger partial charge < -0.3 is 16.2 Å². The topological polar surface area (TPSA) is 122 Å². The molecule has 0 bridgehead atoms. The van der Waals surface area contributed by atoms with Crippen molar-refractivity contribution < 1.29 is 19.5 Å². The molecule has 12 unspecified atom stereocenters. The summed E-state index contributed by atoms with van der Waals surface area (Å²) >= 11 is 0. The van der Waals surface area contributed by atoms with Crippen molar-refractivity contribution in [1.29, 1.82) is 0 Å². The molecule has 12 atom stereocenters. The number of aliphatic carboxylic acids is 1. The first-order valence-corrected chi connectivity index (χ1v) is 21.6. The maximum atomic E-state index is 13.9. The molecule has 6 aliphatic rings. The van der Waals surface area contributed by atoms with E-state index in [4.69, 9.17) is 4.98 Å². The lowest BCUT2D eigenvalue weighted by atomic mass is 9.42. The third kappa shape index (κ3) is 6.71. The summed E-state index contributed by atoms with van der Waals surface area (Å²) in [6.45, 7) is 13.2. The number of hydrogen-bond donors (Lipinski definition) is 3. The number of ketones is 2. The minimum Gasteiger partial charge on any atom is -0.481 e. The molecule has 2 aromatic rings. The molecule has 0 amide bonds. The monoisotopic (exact) mass is 738 g/mol. The number of benzene rings is 1. The van der Waals surface area contributed by atoms with Crippen molar-refractivity contribution in [3.05, 3.63) is 53.2 Å². The molecule has 0 radical (unpaired) electrons. The van der Waals surface area contributed by atoms with Crippen LogP contribution in [-0.2, 0) is 20.9 Å². The summed E-state index contributed by atoms with van der Waals surface area (Å²) in [5, 5.41) is 14.4. The molecule has 294 valence electrons. The molecule has 7 nitrogen and oxygen atoms in total. The highest BCUT2D eigenvalue weighted by atomic mass is 16.4. The van der Waals surface area contributed by atoms with Gasteiger partial charge in [-0.2, -0.15) is 0 Å². The van der Waals surface area contributed by atoms with Crippen LogP contribution < -0.4 is 11.1 Å². The van der Waals surface area contributed by atoms with Gasteiger partial charge in [-0.15, -0.1) is 0 Å². The molecule has 5 saturated carbocycles. The third-order valence-corrected chi connectivity index (χ3v) is 16.6. The van der Waals surface area contributed by atoms with E-state index in [1.807, 2.05) is 13.0 Å². The third-order valence-electron chi connectivity index (χ3n) is 16.6. The second kappa shape index (κ2) is 15.6. The Labute approximate surface area is 324 Å². The van der Waals surface area contributed by atoms with Crippen LogP contribution in [0.3, 0.4) is 0 Å². The fourth-order valence-electron chi connectivity index (χ4n) is 13.9. The van der Waals surface area contributed by atoms with Crippen LogP contribution in [-0.4, -0.2) is 41.2 Å². The number of allylic oxidation sites excluding steroid dienone is 2. The number of para-hydroxylation sites is 1. The Hall–Kier alpha value is -2.90. The number of rotatable bonds is 10. The number of Topliss-reactive ketones (excluding diaryl/α,β-unsaturated/α-hetero) is 2. The summed E-state index contributed by atoms with van der Waals surface area (Å²) in [6.07, 6.45) is 12.7. The van der Waals surface area contributed by atoms with E-state index in [-0.39, 0.29) is 29.1 Å². The number of hydrogen-bond acceptors (Lipinski definition) is 6. The SMILES string of the molecule is CC(C)C1=C2C3CCC4C(CCC5C(C)C(CC(=O)C6CC(C(=O)O)C6C)CCC54C)C3CCC2(CCNCc2ccc3ccccc3n2)CC1=O.CN. The van der Waals surface area contributed by atoms with Gasteiger partial charge in [-0.3, -0.25) is 19.4 Å². The van der Waals surface area contributed by atoms with Crippen molar-refractivity contribution >= 4 is 28.4 Å². The van der Waals surface area contributed by atoms with E-state index in [0.29, 0.717) is 65.8 Å². The zero-order valence-electron chi connectivity index (χ0n) is 33.9. The molecule has 1 aromatic heterocycles. The minimum absolute atomic E-state index is 0.0110. The Morgan fingerprint density at radius 3 is 2.43 bits per heavy atom. The number of fused-ring (bicyclic) bond motifs is 8. The van der Waals surface area contributed by atoms with Crippen molar-refractivity contribution in [1.82, 2.24) is 10.3 Å². The maximum absolute atomic E-state index is 13.9.